The van der Waals surface area contributed by atoms with Gasteiger partial charge in [-0.2, -0.15) is 5.26 Å². The highest BCUT2D eigenvalue weighted by atomic mass is 35.5. The summed E-state index contributed by atoms with van der Waals surface area (Å²) < 4.78 is 11.9. The molecule has 0 aliphatic heterocycles. The molecule has 0 aliphatic rings. The lowest BCUT2D eigenvalue weighted by Gasteiger charge is -2.15. The smallest absolute Gasteiger partial charge is 0.153 e. The van der Waals surface area contributed by atoms with Gasteiger partial charge in [0.05, 0.1) is 22.2 Å². The summed E-state index contributed by atoms with van der Waals surface area (Å²) in [7, 11) is 0. The highest BCUT2D eigenvalue weighted by molar-refractivity contribution is 6.32. The molecular weight excluding hydrogens is 446 g/mol. The standard InChI is InChI=1S/C29H22ClNO3/c1-20-24(11-6-12-26(20)23-9-3-2-4-10-23)19-34-29-15-28(25(17-32)14-27(29)30)33-18-22-8-5-7-21(13-22)16-31/h2-15,17H,18-19H2,1H3. The van der Waals surface area contributed by atoms with E-state index < -0.39 is 0 Å². The van der Waals surface area contributed by atoms with Gasteiger partial charge in [0.25, 0.3) is 0 Å². The summed E-state index contributed by atoms with van der Waals surface area (Å²) in [6.45, 7) is 2.59. The lowest BCUT2D eigenvalue weighted by atomic mass is 9.97. The third-order valence-corrected chi connectivity index (χ3v) is 5.85. The van der Waals surface area contributed by atoms with Gasteiger partial charge in [0.2, 0.25) is 0 Å². The normalized spacial score (nSPS) is 10.4. The lowest BCUT2D eigenvalue weighted by molar-refractivity contribution is 0.111. The summed E-state index contributed by atoms with van der Waals surface area (Å²) in [5.74, 6) is 0.795. The number of benzene rings is 4. The van der Waals surface area contributed by atoms with Crippen LogP contribution in [0.5, 0.6) is 11.5 Å². The number of rotatable bonds is 8. The van der Waals surface area contributed by atoms with Crippen LogP contribution >= 0.6 is 11.6 Å². The molecule has 0 aliphatic carbocycles. The van der Waals surface area contributed by atoms with Crippen LogP contribution in [0.1, 0.15) is 32.6 Å². The molecule has 0 spiro atoms. The van der Waals surface area contributed by atoms with E-state index in [4.69, 9.17) is 26.3 Å². The molecule has 0 heterocycles. The molecule has 4 aromatic rings. The van der Waals surface area contributed by atoms with Crippen LogP contribution < -0.4 is 9.47 Å². The number of carbonyl (C=O) groups excluding carboxylic acids is 1. The molecule has 4 nitrogen and oxygen atoms in total. The van der Waals surface area contributed by atoms with Crippen molar-refractivity contribution < 1.29 is 14.3 Å². The summed E-state index contributed by atoms with van der Waals surface area (Å²) in [6, 6.07) is 28.7. The predicted molar refractivity (Wildman–Crippen MR) is 133 cm³/mol. The number of halogens is 1. The van der Waals surface area contributed by atoms with Gasteiger partial charge in [0.1, 0.15) is 24.7 Å². The lowest BCUT2D eigenvalue weighted by Crippen LogP contribution is -2.02. The molecule has 5 heteroatoms. The molecule has 0 N–H and O–H groups in total. The Balaban J connectivity index is 1.54. The van der Waals surface area contributed by atoms with Crippen LogP contribution in [0.25, 0.3) is 11.1 Å². The largest absolute Gasteiger partial charge is 0.488 e. The third kappa shape index (κ3) is 5.28. The van der Waals surface area contributed by atoms with E-state index in [1.807, 2.05) is 36.4 Å². The molecule has 34 heavy (non-hydrogen) atoms. The molecule has 0 amide bonds. The SMILES string of the molecule is Cc1c(COc2cc(OCc3cccc(C#N)c3)c(C=O)cc2Cl)cccc1-c1ccccc1. The van der Waals surface area contributed by atoms with E-state index in [1.54, 1.807) is 24.3 Å². The van der Waals surface area contributed by atoms with Crippen LogP contribution in [0, 0.1) is 18.3 Å². The summed E-state index contributed by atoms with van der Waals surface area (Å²) in [5.41, 5.74) is 6.15. The van der Waals surface area contributed by atoms with Gasteiger partial charge in [0, 0.05) is 6.07 Å². The molecule has 4 aromatic carbocycles. The van der Waals surface area contributed by atoms with Crippen LogP contribution in [0.2, 0.25) is 5.02 Å². The summed E-state index contributed by atoms with van der Waals surface area (Å²) in [4.78, 5) is 11.6. The summed E-state index contributed by atoms with van der Waals surface area (Å²) in [5, 5.41) is 9.41. The first-order chi connectivity index (χ1) is 16.6. The zero-order chi connectivity index (χ0) is 23.9. The number of nitriles is 1. The number of hydrogen-bond donors (Lipinski definition) is 0. The molecule has 0 saturated heterocycles. The molecular formula is C29H22ClNO3. The van der Waals surface area contributed by atoms with Gasteiger partial charge >= 0.3 is 0 Å². The van der Waals surface area contributed by atoms with E-state index in [1.165, 1.54) is 6.07 Å². The van der Waals surface area contributed by atoms with Gasteiger partial charge in [-0.3, -0.25) is 4.79 Å². The van der Waals surface area contributed by atoms with Gasteiger partial charge in [-0.05, 0) is 52.9 Å². The Bertz CT molecular complexity index is 1360. The predicted octanol–water partition coefficient (Wildman–Crippen LogP) is 7.16. The van der Waals surface area contributed by atoms with Crippen molar-refractivity contribution in [2.24, 2.45) is 0 Å². The Morgan fingerprint density at radius 3 is 2.41 bits per heavy atom. The third-order valence-electron chi connectivity index (χ3n) is 5.56. The number of aldehydes is 1. The molecule has 0 atom stereocenters. The zero-order valence-corrected chi connectivity index (χ0v) is 19.4. The van der Waals surface area contributed by atoms with Crippen LogP contribution in [0.4, 0.5) is 0 Å². The first-order valence-corrected chi connectivity index (χ1v) is 11.1. The highest BCUT2D eigenvalue weighted by Gasteiger charge is 2.13. The fourth-order valence-corrected chi connectivity index (χ4v) is 3.92. The quantitative estimate of drug-likeness (QED) is 0.258. The molecule has 0 saturated carbocycles. The van der Waals surface area contributed by atoms with E-state index in [9.17, 15) is 4.79 Å². The maximum absolute atomic E-state index is 11.6. The van der Waals surface area contributed by atoms with Crippen molar-refractivity contribution in [3.8, 4) is 28.7 Å². The van der Waals surface area contributed by atoms with E-state index in [-0.39, 0.29) is 6.61 Å². The summed E-state index contributed by atoms with van der Waals surface area (Å²) in [6.07, 6.45) is 0.699. The Labute approximate surface area is 204 Å². The Morgan fingerprint density at radius 1 is 0.882 bits per heavy atom. The first kappa shape index (κ1) is 23.1. The minimum absolute atomic E-state index is 0.204. The van der Waals surface area contributed by atoms with Crippen LogP contribution in [0.15, 0.2) is 84.9 Å². The molecule has 4 rings (SSSR count). The van der Waals surface area contributed by atoms with Crippen LogP contribution in [0.3, 0.4) is 0 Å². The van der Waals surface area contributed by atoms with Crippen LogP contribution in [-0.2, 0) is 13.2 Å². The minimum Gasteiger partial charge on any atom is -0.488 e. The van der Waals surface area contributed by atoms with E-state index in [2.05, 4.69) is 31.2 Å². The maximum Gasteiger partial charge on any atom is 0.153 e. The molecule has 0 unspecified atom stereocenters. The molecule has 168 valence electrons. The Kier molecular flexibility index (Phi) is 7.27. The van der Waals surface area contributed by atoms with Crippen LogP contribution in [-0.4, -0.2) is 6.29 Å². The van der Waals surface area contributed by atoms with Crippen molar-refractivity contribution in [3.63, 3.8) is 0 Å². The topological polar surface area (TPSA) is 59.3 Å². The van der Waals surface area contributed by atoms with E-state index in [0.29, 0.717) is 40.5 Å². The highest BCUT2D eigenvalue weighted by Crippen LogP contribution is 2.34. The monoisotopic (exact) mass is 467 g/mol. The Hall–Kier alpha value is -4.07. The number of ether oxygens (including phenoxy) is 2. The number of carbonyl (C=O) groups is 1. The van der Waals surface area contributed by atoms with Crippen molar-refractivity contribution in [2.75, 3.05) is 0 Å². The average molecular weight is 468 g/mol. The van der Waals surface area contributed by atoms with Crippen molar-refractivity contribution in [1.29, 1.82) is 5.26 Å². The van der Waals surface area contributed by atoms with Gasteiger partial charge in [-0.25, -0.2) is 0 Å². The Morgan fingerprint density at radius 2 is 1.65 bits per heavy atom. The molecule has 0 radical (unpaired) electrons. The molecule has 0 bridgehead atoms. The van der Waals surface area contributed by atoms with Crippen molar-refractivity contribution in [2.45, 2.75) is 20.1 Å². The van der Waals surface area contributed by atoms with Gasteiger partial charge < -0.3 is 9.47 Å². The van der Waals surface area contributed by atoms with Gasteiger partial charge in [-0.15, -0.1) is 0 Å². The second kappa shape index (κ2) is 10.7. The average Bonchev–Trinajstić information content (AvgIpc) is 2.88. The number of hydrogen-bond acceptors (Lipinski definition) is 4. The zero-order valence-electron chi connectivity index (χ0n) is 18.6. The van der Waals surface area contributed by atoms with Crippen molar-refractivity contribution in [3.05, 3.63) is 118 Å². The molecule has 0 aromatic heterocycles. The van der Waals surface area contributed by atoms with Crippen molar-refractivity contribution >= 4 is 17.9 Å². The van der Waals surface area contributed by atoms with Gasteiger partial charge in [-0.1, -0.05) is 72.3 Å². The second-order valence-corrected chi connectivity index (χ2v) is 8.19. The van der Waals surface area contributed by atoms with Gasteiger partial charge in [0.15, 0.2) is 6.29 Å². The first-order valence-electron chi connectivity index (χ1n) is 10.8. The van der Waals surface area contributed by atoms with Crippen molar-refractivity contribution in [1.82, 2.24) is 0 Å². The maximum atomic E-state index is 11.6. The second-order valence-electron chi connectivity index (χ2n) is 7.78. The fraction of sp³-hybridized carbons (Fsp3) is 0.103. The molecule has 0 fully saturated rings. The summed E-state index contributed by atoms with van der Waals surface area (Å²) >= 11 is 6.39. The minimum atomic E-state index is 0.204. The van der Waals surface area contributed by atoms with E-state index in [0.717, 1.165) is 27.8 Å². The van der Waals surface area contributed by atoms with E-state index >= 15 is 0 Å². The fourth-order valence-electron chi connectivity index (χ4n) is 3.70. The number of nitrogens with zero attached hydrogens (tertiary/aromatic N) is 1.